The van der Waals surface area contributed by atoms with Gasteiger partial charge in [0.2, 0.25) is 10.0 Å². The fourth-order valence-electron chi connectivity index (χ4n) is 2.06. The molecule has 0 atom stereocenters. The van der Waals surface area contributed by atoms with Gasteiger partial charge in [-0.1, -0.05) is 22.9 Å². The van der Waals surface area contributed by atoms with E-state index in [-0.39, 0.29) is 17.5 Å². The molecular weight excluding hydrogens is 347 g/mol. The molecule has 1 aromatic carbocycles. The number of hydrogen-bond acceptors (Lipinski definition) is 3. The van der Waals surface area contributed by atoms with E-state index in [2.05, 4.69) is 21.2 Å². The average Bonchev–Trinajstić information content (AvgIpc) is 2.33. The molecule has 0 saturated heterocycles. The van der Waals surface area contributed by atoms with E-state index < -0.39 is 15.8 Å². The number of benzene rings is 1. The molecule has 1 N–H and O–H groups in total. The van der Waals surface area contributed by atoms with Crippen LogP contribution in [0, 0.1) is 5.82 Å². The van der Waals surface area contributed by atoms with Gasteiger partial charge in [-0.25, -0.2) is 12.8 Å². The minimum absolute atomic E-state index is 0.226. The molecule has 0 saturated carbocycles. The number of rotatable bonds is 6. The number of nitrogens with one attached hydrogen (secondary N) is 1. The Morgan fingerprint density at radius 2 is 2.00 bits per heavy atom. The van der Waals surface area contributed by atoms with Crippen LogP contribution in [0.15, 0.2) is 21.5 Å². The number of halogens is 2. The zero-order valence-corrected chi connectivity index (χ0v) is 14.5. The second-order valence-electron chi connectivity index (χ2n) is 4.71. The molecule has 0 heterocycles. The quantitative estimate of drug-likeness (QED) is 0.841. The minimum Gasteiger partial charge on any atom is -0.316 e. The normalized spacial score (nSPS) is 12.4. The van der Waals surface area contributed by atoms with E-state index in [0.717, 1.165) is 0 Å². The molecule has 0 aromatic heterocycles. The molecule has 0 amide bonds. The summed E-state index contributed by atoms with van der Waals surface area (Å²) < 4.78 is 41.4. The zero-order valence-electron chi connectivity index (χ0n) is 12.1. The molecular formula is C13H20BrFN2O2S. The lowest BCUT2D eigenvalue weighted by molar-refractivity contribution is 0.366. The molecule has 0 aliphatic carbocycles. The molecule has 114 valence electrons. The third kappa shape index (κ3) is 3.58. The Morgan fingerprint density at radius 1 is 1.40 bits per heavy atom. The number of hydrogen-bond donors (Lipinski definition) is 1. The Hall–Kier alpha value is -0.500. The smallest absolute Gasteiger partial charge is 0.246 e. The van der Waals surface area contributed by atoms with Crippen LogP contribution >= 0.6 is 15.9 Å². The van der Waals surface area contributed by atoms with Crippen LogP contribution in [0.4, 0.5) is 4.39 Å². The highest BCUT2D eigenvalue weighted by atomic mass is 79.9. The van der Waals surface area contributed by atoms with Crippen molar-refractivity contribution in [3.8, 4) is 0 Å². The van der Waals surface area contributed by atoms with Gasteiger partial charge < -0.3 is 5.32 Å². The van der Waals surface area contributed by atoms with Gasteiger partial charge in [0.15, 0.2) is 0 Å². The van der Waals surface area contributed by atoms with Crippen LogP contribution in [0.1, 0.15) is 26.3 Å². The Balaban J connectivity index is 3.45. The maximum absolute atomic E-state index is 14.4. The van der Waals surface area contributed by atoms with Gasteiger partial charge in [-0.15, -0.1) is 0 Å². The second kappa shape index (κ2) is 6.98. The van der Waals surface area contributed by atoms with Gasteiger partial charge in [0.05, 0.1) is 0 Å². The van der Waals surface area contributed by atoms with E-state index in [4.69, 9.17) is 0 Å². The fraction of sp³-hybridized carbons (Fsp3) is 0.538. The monoisotopic (exact) mass is 366 g/mol. The lowest BCUT2D eigenvalue weighted by Gasteiger charge is -2.25. The largest absolute Gasteiger partial charge is 0.316 e. The van der Waals surface area contributed by atoms with Crippen LogP contribution < -0.4 is 5.32 Å². The van der Waals surface area contributed by atoms with Crippen LogP contribution in [-0.2, 0) is 16.6 Å². The Bertz CT molecular complexity index is 576. The molecule has 0 spiro atoms. The SMILES string of the molecule is CCN(C(C)C)S(=O)(=O)c1cc(Br)cc(CNC)c1F. The molecule has 0 bridgehead atoms. The summed E-state index contributed by atoms with van der Waals surface area (Å²) in [6.07, 6.45) is 0. The zero-order chi connectivity index (χ0) is 15.5. The second-order valence-corrected chi connectivity index (χ2v) is 7.48. The molecule has 4 nitrogen and oxygen atoms in total. The first-order valence-electron chi connectivity index (χ1n) is 6.40. The van der Waals surface area contributed by atoms with Crippen molar-refractivity contribution in [2.75, 3.05) is 13.6 Å². The summed E-state index contributed by atoms with van der Waals surface area (Å²) in [6, 6.07) is 2.67. The summed E-state index contributed by atoms with van der Waals surface area (Å²) in [7, 11) is -2.16. The lowest BCUT2D eigenvalue weighted by Crippen LogP contribution is -2.37. The fourth-order valence-corrected chi connectivity index (χ4v) is 4.50. The molecule has 20 heavy (non-hydrogen) atoms. The third-order valence-corrected chi connectivity index (χ3v) is 5.53. The number of nitrogens with zero attached hydrogens (tertiary/aromatic N) is 1. The van der Waals surface area contributed by atoms with Crippen molar-refractivity contribution in [1.29, 1.82) is 0 Å². The number of sulfonamides is 1. The first-order chi connectivity index (χ1) is 9.25. The molecule has 0 aliphatic heterocycles. The molecule has 1 rings (SSSR count). The van der Waals surface area contributed by atoms with Gasteiger partial charge in [0.1, 0.15) is 10.7 Å². The highest BCUT2D eigenvalue weighted by Crippen LogP contribution is 2.27. The summed E-state index contributed by atoms with van der Waals surface area (Å²) in [5.74, 6) is -0.693. The first kappa shape index (κ1) is 17.6. The average molecular weight is 367 g/mol. The summed E-state index contributed by atoms with van der Waals surface area (Å²) in [4.78, 5) is -0.285. The maximum Gasteiger partial charge on any atom is 0.246 e. The van der Waals surface area contributed by atoms with Crippen molar-refractivity contribution in [1.82, 2.24) is 9.62 Å². The Morgan fingerprint density at radius 3 is 2.45 bits per heavy atom. The standard InChI is InChI=1S/C13H20BrFN2O2S/c1-5-17(9(2)3)20(18,19)12-7-11(14)6-10(8-16-4)13(12)15/h6-7,9,16H,5,8H2,1-4H3. The van der Waals surface area contributed by atoms with Gasteiger partial charge in [0, 0.05) is 29.2 Å². The maximum atomic E-state index is 14.4. The van der Waals surface area contributed by atoms with Gasteiger partial charge >= 0.3 is 0 Å². The van der Waals surface area contributed by atoms with Gasteiger partial charge in [0.25, 0.3) is 0 Å². The highest BCUT2D eigenvalue weighted by molar-refractivity contribution is 9.10. The topological polar surface area (TPSA) is 49.4 Å². The van der Waals surface area contributed by atoms with Crippen molar-refractivity contribution in [3.05, 3.63) is 28.0 Å². The van der Waals surface area contributed by atoms with Crippen molar-refractivity contribution in [2.24, 2.45) is 0 Å². The summed E-state index contributed by atoms with van der Waals surface area (Å²) in [6.45, 7) is 5.84. The minimum atomic E-state index is -3.84. The van der Waals surface area contributed by atoms with Crippen LogP contribution in [-0.4, -0.2) is 32.4 Å². The highest BCUT2D eigenvalue weighted by Gasteiger charge is 2.29. The predicted molar refractivity (Wildman–Crippen MR) is 81.6 cm³/mol. The molecule has 0 radical (unpaired) electrons. The summed E-state index contributed by atoms with van der Waals surface area (Å²) in [5.41, 5.74) is 0.320. The predicted octanol–water partition coefficient (Wildman–Crippen LogP) is 2.73. The van der Waals surface area contributed by atoms with Crippen LogP contribution in [0.3, 0.4) is 0 Å². The van der Waals surface area contributed by atoms with Crippen molar-refractivity contribution in [2.45, 2.75) is 38.3 Å². The molecule has 0 fully saturated rings. The van der Waals surface area contributed by atoms with Crippen molar-refractivity contribution >= 4 is 26.0 Å². The van der Waals surface area contributed by atoms with Crippen LogP contribution in [0.2, 0.25) is 0 Å². The first-order valence-corrected chi connectivity index (χ1v) is 8.63. The van der Waals surface area contributed by atoms with E-state index >= 15 is 0 Å². The van der Waals surface area contributed by atoms with E-state index in [1.165, 1.54) is 10.4 Å². The molecule has 0 aliphatic rings. The molecule has 0 unspecified atom stereocenters. The summed E-state index contributed by atoms with van der Waals surface area (Å²) >= 11 is 3.24. The van der Waals surface area contributed by atoms with Gasteiger partial charge in [-0.3, -0.25) is 0 Å². The molecule has 1 aromatic rings. The van der Waals surface area contributed by atoms with E-state index in [1.807, 2.05) is 0 Å². The van der Waals surface area contributed by atoms with Gasteiger partial charge in [-0.2, -0.15) is 4.31 Å². The van der Waals surface area contributed by atoms with E-state index in [0.29, 0.717) is 16.6 Å². The lowest BCUT2D eigenvalue weighted by atomic mass is 10.2. The Kier molecular flexibility index (Phi) is 6.12. The Labute approximate surface area is 128 Å². The third-order valence-electron chi connectivity index (χ3n) is 2.92. The van der Waals surface area contributed by atoms with Crippen LogP contribution in [0.25, 0.3) is 0 Å². The van der Waals surface area contributed by atoms with Crippen LogP contribution in [0.5, 0.6) is 0 Å². The van der Waals surface area contributed by atoms with Crippen molar-refractivity contribution in [3.63, 3.8) is 0 Å². The van der Waals surface area contributed by atoms with E-state index in [1.54, 1.807) is 33.9 Å². The van der Waals surface area contributed by atoms with Crippen molar-refractivity contribution < 1.29 is 12.8 Å². The van der Waals surface area contributed by atoms with E-state index in [9.17, 15) is 12.8 Å². The molecule has 7 heteroatoms. The van der Waals surface area contributed by atoms with Gasteiger partial charge in [-0.05, 0) is 33.0 Å². The summed E-state index contributed by atoms with van der Waals surface area (Å²) in [5, 5.41) is 2.83.